The van der Waals surface area contributed by atoms with Crippen molar-refractivity contribution in [2.24, 2.45) is 0 Å². The number of carbonyl (C=O) groups is 1. The van der Waals surface area contributed by atoms with Gasteiger partial charge in [-0.05, 0) is 30.8 Å². The highest BCUT2D eigenvalue weighted by molar-refractivity contribution is 5.94. The number of alkyl halides is 3. The van der Waals surface area contributed by atoms with E-state index in [0.29, 0.717) is 18.7 Å². The Hall–Kier alpha value is -2.45. The Balaban J connectivity index is 1.79. The van der Waals surface area contributed by atoms with Gasteiger partial charge in [0.05, 0.1) is 11.6 Å². The quantitative estimate of drug-likeness (QED) is 0.767. The van der Waals surface area contributed by atoms with Crippen LogP contribution in [0.3, 0.4) is 0 Å². The van der Waals surface area contributed by atoms with E-state index in [1.54, 1.807) is 0 Å². The number of hydrogen-bond donors (Lipinski definition) is 1. The molecule has 8 heteroatoms. The number of piperazine rings is 1. The van der Waals surface area contributed by atoms with Crippen LogP contribution in [0.4, 0.5) is 17.6 Å². The van der Waals surface area contributed by atoms with Gasteiger partial charge in [0.2, 0.25) is 0 Å². The first-order valence-corrected chi connectivity index (χ1v) is 9.37. The summed E-state index contributed by atoms with van der Waals surface area (Å²) < 4.78 is 52.5. The molecule has 0 aliphatic carbocycles. The van der Waals surface area contributed by atoms with Crippen molar-refractivity contribution in [2.75, 3.05) is 39.8 Å². The van der Waals surface area contributed by atoms with Gasteiger partial charge in [0, 0.05) is 38.3 Å². The van der Waals surface area contributed by atoms with E-state index in [-0.39, 0.29) is 5.56 Å². The lowest BCUT2D eigenvalue weighted by atomic mass is 10.0. The average molecular weight is 409 g/mol. The molecule has 29 heavy (non-hydrogen) atoms. The van der Waals surface area contributed by atoms with Gasteiger partial charge in [0.1, 0.15) is 5.82 Å². The summed E-state index contributed by atoms with van der Waals surface area (Å²) in [5.41, 5.74) is -0.809. The number of carbonyl (C=O) groups excluding carboxylic acids is 1. The fraction of sp³-hybridized carbons (Fsp3) is 0.381. The normalized spacial score (nSPS) is 17.1. The standard InChI is InChI=1S/C21H23F4N3O/c1-27-9-11-28(12-10-27)14-19(15-5-3-2-4-6-15)26-20(29)16-7-8-18(22)17(13-16)21(23,24)25/h2-8,13,19H,9-12,14H2,1H3,(H,26,29). The molecule has 4 nitrogen and oxygen atoms in total. The van der Waals surface area contributed by atoms with Crippen LogP contribution in [0.25, 0.3) is 0 Å². The predicted molar refractivity (Wildman–Crippen MR) is 102 cm³/mol. The third-order valence-electron chi connectivity index (χ3n) is 5.08. The molecule has 1 aliphatic rings. The molecule has 0 bridgehead atoms. The molecule has 1 amide bonds. The van der Waals surface area contributed by atoms with Crippen molar-refractivity contribution in [3.63, 3.8) is 0 Å². The van der Waals surface area contributed by atoms with Crippen molar-refractivity contribution >= 4 is 5.91 Å². The Morgan fingerprint density at radius 1 is 1.07 bits per heavy atom. The number of nitrogens with one attached hydrogen (secondary N) is 1. The van der Waals surface area contributed by atoms with Crippen molar-refractivity contribution in [3.05, 3.63) is 71.0 Å². The van der Waals surface area contributed by atoms with Crippen LogP contribution >= 0.6 is 0 Å². The molecule has 1 saturated heterocycles. The predicted octanol–water partition coefficient (Wildman–Crippen LogP) is 3.56. The summed E-state index contributed by atoms with van der Waals surface area (Å²) in [6.45, 7) is 4.02. The molecule has 1 unspecified atom stereocenters. The first kappa shape index (κ1) is 21.3. The van der Waals surface area contributed by atoms with E-state index in [4.69, 9.17) is 0 Å². The minimum absolute atomic E-state index is 0.224. The van der Waals surface area contributed by atoms with E-state index < -0.39 is 29.5 Å². The lowest BCUT2D eigenvalue weighted by molar-refractivity contribution is -0.140. The van der Waals surface area contributed by atoms with Crippen LogP contribution in [0.5, 0.6) is 0 Å². The summed E-state index contributed by atoms with van der Waals surface area (Å²) in [6, 6.07) is 11.2. The summed E-state index contributed by atoms with van der Waals surface area (Å²) in [6.07, 6.45) is -4.86. The largest absolute Gasteiger partial charge is 0.419 e. The van der Waals surface area contributed by atoms with E-state index in [2.05, 4.69) is 15.1 Å². The van der Waals surface area contributed by atoms with Gasteiger partial charge < -0.3 is 10.2 Å². The third kappa shape index (κ3) is 5.55. The number of halogens is 4. The zero-order valence-electron chi connectivity index (χ0n) is 16.0. The van der Waals surface area contributed by atoms with Crippen molar-refractivity contribution in [1.29, 1.82) is 0 Å². The Labute approximate surface area is 167 Å². The van der Waals surface area contributed by atoms with Gasteiger partial charge in [0.25, 0.3) is 5.91 Å². The van der Waals surface area contributed by atoms with Crippen LogP contribution in [0, 0.1) is 5.82 Å². The van der Waals surface area contributed by atoms with Crippen molar-refractivity contribution < 1.29 is 22.4 Å². The summed E-state index contributed by atoms with van der Waals surface area (Å²) >= 11 is 0. The minimum Gasteiger partial charge on any atom is -0.344 e. The smallest absolute Gasteiger partial charge is 0.344 e. The van der Waals surface area contributed by atoms with E-state index in [1.165, 1.54) is 0 Å². The molecule has 0 saturated carbocycles. The average Bonchev–Trinajstić information content (AvgIpc) is 2.69. The van der Waals surface area contributed by atoms with Crippen LogP contribution in [-0.4, -0.2) is 55.5 Å². The summed E-state index contributed by atoms with van der Waals surface area (Å²) in [5, 5.41) is 2.82. The second-order valence-electron chi connectivity index (χ2n) is 7.23. The molecule has 1 atom stereocenters. The summed E-state index contributed by atoms with van der Waals surface area (Å²) in [4.78, 5) is 17.1. The number of rotatable bonds is 5. The van der Waals surface area contributed by atoms with Crippen LogP contribution < -0.4 is 5.32 Å². The van der Waals surface area contributed by atoms with E-state index in [9.17, 15) is 22.4 Å². The molecule has 1 N–H and O–H groups in total. The zero-order valence-corrected chi connectivity index (χ0v) is 16.0. The van der Waals surface area contributed by atoms with Gasteiger partial charge in [-0.15, -0.1) is 0 Å². The number of amides is 1. The molecule has 2 aromatic rings. The molecule has 156 valence electrons. The van der Waals surface area contributed by atoms with Crippen molar-refractivity contribution in [3.8, 4) is 0 Å². The van der Waals surface area contributed by atoms with Gasteiger partial charge >= 0.3 is 6.18 Å². The molecule has 1 fully saturated rings. The Morgan fingerprint density at radius 2 is 1.72 bits per heavy atom. The highest BCUT2D eigenvalue weighted by Gasteiger charge is 2.35. The van der Waals surface area contributed by atoms with Crippen LogP contribution in [0.2, 0.25) is 0 Å². The lowest BCUT2D eigenvalue weighted by Gasteiger charge is -2.35. The summed E-state index contributed by atoms with van der Waals surface area (Å²) in [5.74, 6) is -2.07. The molecule has 1 heterocycles. The second-order valence-corrected chi connectivity index (χ2v) is 7.23. The highest BCUT2D eigenvalue weighted by atomic mass is 19.4. The number of benzene rings is 2. The van der Waals surface area contributed by atoms with Crippen LogP contribution in [0.1, 0.15) is 27.5 Å². The monoisotopic (exact) mass is 409 g/mol. The van der Waals surface area contributed by atoms with Crippen LogP contribution in [0.15, 0.2) is 48.5 Å². The minimum atomic E-state index is -4.86. The molecule has 0 aromatic heterocycles. The zero-order chi connectivity index (χ0) is 21.0. The highest BCUT2D eigenvalue weighted by Crippen LogP contribution is 2.32. The fourth-order valence-electron chi connectivity index (χ4n) is 3.33. The summed E-state index contributed by atoms with van der Waals surface area (Å²) in [7, 11) is 2.04. The third-order valence-corrected chi connectivity index (χ3v) is 5.08. The Bertz CT molecular complexity index is 834. The van der Waals surface area contributed by atoms with Gasteiger partial charge in [-0.1, -0.05) is 30.3 Å². The number of hydrogen-bond acceptors (Lipinski definition) is 3. The molecule has 1 aliphatic heterocycles. The van der Waals surface area contributed by atoms with Crippen molar-refractivity contribution in [2.45, 2.75) is 12.2 Å². The SMILES string of the molecule is CN1CCN(CC(NC(=O)c2ccc(F)c(C(F)(F)F)c2)c2ccccc2)CC1. The first-order chi connectivity index (χ1) is 13.7. The Morgan fingerprint density at radius 3 is 2.34 bits per heavy atom. The van der Waals surface area contributed by atoms with Gasteiger partial charge in [0.15, 0.2) is 0 Å². The maximum atomic E-state index is 13.5. The van der Waals surface area contributed by atoms with Gasteiger partial charge in [-0.3, -0.25) is 9.69 Å². The first-order valence-electron chi connectivity index (χ1n) is 9.37. The molecule has 0 spiro atoms. The number of likely N-dealkylation sites (N-methyl/N-ethyl adjacent to an activating group) is 1. The van der Waals surface area contributed by atoms with Gasteiger partial charge in [-0.25, -0.2) is 4.39 Å². The lowest BCUT2D eigenvalue weighted by Crippen LogP contribution is -2.47. The van der Waals surface area contributed by atoms with Crippen molar-refractivity contribution in [1.82, 2.24) is 15.1 Å². The molecule has 2 aromatic carbocycles. The topological polar surface area (TPSA) is 35.6 Å². The fourth-order valence-corrected chi connectivity index (χ4v) is 3.33. The van der Waals surface area contributed by atoms with Gasteiger partial charge in [-0.2, -0.15) is 13.2 Å². The van der Waals surface area contributed by atoms with E-state index in [0.717, 1.165) is 37.8 Å². The maximum Gasteiger partial charge on any atom is 0.419 e. The number of nitrogens with zero attached hydrogens (tertiary/aromatic N) is 2. The van der Waals surface area contributed by atoms with E-state index >= 15 is 0 Å². The second kappa shape index (κ2) is 8.92. The molecular weight excluding hydrogens is 386 g/mol. The molecular formula is C21H23F4N3O. The molecule has 3 rings (SSSR count). The maximum absolute atomic E-state index is 13.5. The van der Waals surface area contributed by atoms with E-state index in [1.807, 2.05) is 37.4 Å². The van der Waals surface area contributed by atoms with Crippen LogP contribution in [-0.2, 0) is 6.18 Å². The Kier molecular flexibility index (Phi) is 6.54. The molecule has 0 radical (unpaired) electrons.